The molecule has 0 unspecified atom stereocenters. The van der Waals surface area contributed by atoms with Crippen LogP contribution >= 0.6 is 11.3 Å². The first-order valence-electron chi connectivity index (χ1n) is 7.04. The van der Waals surface area contributed by atoms with Crippen LogP contribution in [0.4, 0.5) is 11.5 Å². The molecule has 0 spiro atoms. The van der Waals surface area contributed by atoms with E-state index < -0.39 is 0 Å². The highest BCUT2D eigenvalue weighted by atomic mass is 32.1. The molecule has 2 heterocycles. The Morgan fingerprint density at radius 3 is 2.91 bits per heavy atom. The minimum absolute atomic E-state index is 0.319. The summed E-state index contributed by atoms with van der Waals surface area (Å²) >= 11 is 1.38. The molecule has 0 radical (unpaired) electrons. The fourth-order valence-corrected chi connectivity index (χ4v) is 3.08. The standard InChI is InChI=1S/C16H15N3O3S/c1-3-22-16(20)10-8-23-15-13(10)14(17-9-18-15)19-11-6-4-5-7-12(11)21-2/h4-9H,3H2,1-2H3,(H,17,18,19). The number of esters is 1. The summed E-state index contributed by atoms with van der Waals surface area (Å²) in [5.41, 5.74) is 1.22. The maximum Gasteiger partial charge on any atom is 0.339 e. The molecule has 0 atom stereocenters. The molecule has 0 saturated carbocycles. The quantitative estimate of drug-likeness (QED) is 0.721. The van der Waals surface area contributed by atoms with Crippen LogP contribution in [0.2, 0.25) is 0 Å². The van der Waals surface area contributed by atoms with Gasteiger partial charge in [-0.15, -0.1) is 11.3 Å². The molecule has 23 heavy (non-hydrogen) atoms. The topological polar surface area (TPSA) is 73.3 Å². The number of methoxy groups -OCH3 is 1. The van der Waals surface area contributed by atoms with E-state index in [1.807, 2.05) is 24.3 Å². The van der Waals surface area contributed by atoms with Gasteiger partial charge in [0.2, 0.25) is 0 Å². The Morgan fingerprint density at radius 1 is 1.30 bits per heavy atom. The number of para-hydroxylation sites is 2. The molecule has 6 nitrogen and oxygen atoms in total. The van der Waals surface area contributed by atoms with Gasteiger partial charge in [-0.2, -0.15) is 0 Å². The van der Waals surface area contributed by atoms with Crippen molar-refractivity contribution in [3.05, 3.63) is 41.5 Å². The lowest BCUT2D eigenvalue weighted by molar-refractivity contribution is 0.0529. The highest BCUT2D eigenvalue weighted by molar-refractivity contribution is 7.17. The highest BCUT2D eigenvalue weighted by Crippen LogP contribution is 2.33. The fourth-order valence-electron chi connectivity index (χ4n) is 2.20. The zero-order valence-corrected chi connectivity index (χ0v) is 13.5. The van der Waals surface area contributed by atoms with Crippen molar-refractivity contribution >= 4 is 39.0 Å². The van der Waals surface area contributed by atoms with Gasteiger partial charge in [0.15, 0.2) is 0 Å². The fraction of sp³-hybridized carbons (Fsp3) is 0.188. The smallest absolute Gasteiger partial charge is 0.339 e. The molecule has 118 valence electrons. The van der Waals surface area contributed by atoms with E-state index in [1.54, 1.807) is 19.4 Å². The predicted molar refractivity (Wildman–Crippen MR) is 89.6 cm³/mol. The Balaban J connectivity index is 2.07. The molecule has 1 N–H and O–H groups in total. The number of rotatable bonds is 5. The lowest BCUT2D eigenvalue weighted by Crippen LogP contribution is -2.05. The van der Waals surface area contributed by atoms with E-state index in [1.165, 1.54) is 17.7 Å². The van der Waals surface area contributed by atoms with Crippen molar-refractivity contribution in [1.82, 2.24) is 9.97 Å². The van der Waals surface area contributed by atoms with Crippen LogP contribution in [-0.2, 0) is 4.74 Å². The molecular formula is C16H15N3O3S. The summed E-state index contributed by atoms with van der Waals surface area (Å²) in [7, 11) is 1.60. The molecule has 2 aromatic heterocycles. The lowest BCUT2D eigenvalue weighted by Gasteiger charge is -2.11. The average molecular weight is 329 g/mol. The minimum Gasteiger partial charge on any atom is -0.495 e. The largest absolute Gasteiger partial charge is 0.495 e. The summed E-state index contributed by atoms with van der Waals surface area (Å²) in [6, 6.07) is 7.50. The van der Waals surface area contributed by atoms with Gasteiger partial charge < -0.3 is 14.8 Å². The Morgan fingerprint density at radius 2 is 2.13 bits per heavy atom. The maximum absolute atomic E-state index is 12.1. The summed E-state index contributed by atoms with van der Waals surface area (Å²) in [5.74, 6) is 0.854. The lowest BCUT2D eigenvalue weighted by atomic mass is 10.2. The molecule has 0 saturated heterocycles. The van der Waals surface area contributed by atoms with Gasteiger partial charge in [0.1, 0.15) is 22.7 Å². The second kappa shape index (κ2) is 6.62. The second-order valence-corrected chi connectivity index (χ2v) is 5.46. The third-order valence-electron chi connectivity index (χ3n) is 3.23. The van der Waals surface area contributed by atoms with Crippen LogP contribution in [0.1, 0.15) is 17.3 Å². The number of fused-ring (bicyclic) bond motifs is 1. The number of benzene rings is 1. The Labute approximate surface area is 137 Å². The molecule has 7 heteroatoms. The van der Waals surface area contributed by atoms with Crippen molar-refractivity contribution in [3.8, 4) is 5.75 Å². The molecule has 0 aliphatic carbocycles. The van der Waals surface area contributed by atoms with E-state index in [0.29, 0.717) is 29.1 Å². The van der Waals surface area contributed by atoms with Gasteiger partial charge in [-0.25, -0.2) is 14.8 Å². The van der Waals surface area contributed by atoms with E-state index in [0.717, 1.165) is 10.5 Å². The number of anilines is 2. The summed E-state index contributed by atoms with van der Waals surface area (Å²) in [6.45, 7) is 2.09. The molecular weight excluding hydrogens is 314 g/mol. The molecule has 1 aromatic carbocycles. The zero-order chi connectivity index (χ0) is 16.2. The predicted octanol–water partition coefficient (Wildman–Crippen LogP) is 3.62. The number of hydrogen-bond acceptors (Lipinski definition) is 7. The first-order chi connectivity index (χ1) is 11.2. The molecule has 0 amide bonds. The van der Waals surface area contributed by atoms with Crippen LogP contribution in [0.3, 0.4) is 0 Å². The normalized spacial score (nSPS) is 10.5. The van der Waals surface area contributed by atoms with Gasteiger partial charge in [0.05, 0.1) is 30.4 Å². The zero-order valence-electron chi connectivity index (χ0n) is 12.7. The molecule has 3 aromatic rings. The van der Waals surface area contributed by atoms with Gasteiger partial charge in [-0.1, -0.05) is 12.1 Å². The van der Waals surface area contributed by atoms with Crippen molar-refractivity contribution in [2.45, 2.75) is 6.92 Å². The van der Waals surface area contributed by atoms with Gasteiger partial charge >= 0.3 is 5.97 Å². The summed E-state index contributed by atoms with van der Waals surface area (Å²) in [4.78, 5) is 21.3. The second-order valence-electron chi connectivity index (χ2n) is 4.60. The monoisotopic (exact) mass is 329 g/mol. The van der Waals surface area contributed by atoms with Crippen molar-refractivity contribution in [2.24, 2.45) is 0 Å². The number of carbonyl (C=O) groups is 1. The number of hydrogen-bond donors (Lipinski definition) is 1. The molecule has 0 bridgehead atoms. The highest BCUT2D eigenvalue weighted by Gasteiger charge is 2.18. The molecule has 3 rings (SSSR count). The van der Waals surface area contributed by atoms with E-state index in [9.17, 15) is 4.79 Å². The Bertz CT molecular complexity index is 847. The van der Waals surface area contributed by atoms with Crippen molar-refractivity contribution in [2.75, 3.05) is 19.0 Å². The van der Waals surface area contributed by atoms with Crippen LogP contribution < -0.4 is 10.1 Å². The minimum atomic E-state index is -0.378. The third-order valence-corrected chi connectivity index (χ3v) is 4.11. The molecule has 0 aliphatic rings. The first kappa shape index (κ1) is 15.2. The number of nitrogens with one attached hydrogen (secondary N) is 1. The number of ether oxygens (including phenoxy) is 2. The average Bonchev–Trinajstić information content (AvgIpc) is 3.01. The number of carbonyl (C=O) groups excluding carboxylic acids is 1. The van der Waals surface area contributed by atoms with Crippen LogP contribution in [0.5, 0.6) is 5.75 Å². The van der Waals surface area contributed by atoms with Gasteiger partial charge in [-0.3, -0.25) is 0 Å². The van der Waals surface area contributed by atoms with Crippen LogP contribution in [0.15, 0.2) is 36.0 Å². The number of thiophene rings is 1. The number of nitrogens with zero attached hydrogens (tertiary/aromatic N) is 2. The third kappa shape index (κ3) is 2.95. The van der Waals surface area contributed by atoms with Crippen LogP contribution in [-0.4, -0.2) is 29.7 Å². The first-order valence-corrected chi connectivity index (χ1v) is 7.92. The summed E-state index contributed by atoms with van der Waals surface area (Å²) < 4.78 is 10.4. The maximum atomic E-state index is 12.1. The Kier molecular flexibility index (Phi) is 4.38. The van der Waals surface area contributed by atoms with Crippen molar-refractivity contribution in [3.63, 3.8) is 0 Å². The molecule has 0 aliphatic heterocycles. The van der Waals surface area contributed by atoms with E-state index >= 15 is 0 Å². The van der Waals surface area contributed by atoms with Gasteiger partial charge in [0.25, 0.3) is 0 Å². The molecule has 0 fully saturated rings. The van der Waals surface area contributed by atoms with E-state index in [2.05, 4.69) is 15.3 Å². The summed E-state index contributed by atoms with van der Waals surface area (Å²) in [6.07, 6.45) is 1.46. The summed E-state index contributed by atoms with van der Waals surface area (Å²) in [5, 5.41) is 5.61. The SMILES string of the molecule is CCOC(=O)c1csc2ncnc(Nc3ccccc3OC)c12. The number of aromatic nitrogens is 2. The van der Waals surface area contributed by atoms with Gasteiger partial charge in [0, 0.05) is 5.38 Å². The van der Waals surface area contributed by atoms with Crippen LogP contribution in [0.25, 0.3) is 10.2 Å². The van der Waals surface area contributed by atoms with E-state index in [4.69, 9.17) is 9.47 Å². The Hall–Kier alpha value is -2.67. The van der Waals surface area contributed by atoms with E-state index in [-0.39, 0.29) is 5.97 Å². The van der Waals surface area contributed by atoms with Crippen molar-refractivity contribution < 1.29 is 14.3 Å². The van der Waals surface area contributed by atoms with Crippen LogP contribution in [0, 0.1) is 0 Å². The van der Waals surface area contributed by atoms with Crippen molar-refractivity contribution in [1.29, 1.82) is 0 Å². The van der Waals surface area contributed by atoms with Gasteiger partial charge in [-0.05, 0) is 19.1 Å².